The lowest BCUT2D eigenvalue weighted by Crippen LogP contribution is -2.07. The van der Waals surface area contributed by atoms with Crippen LogP contribution in [0.4, 0.5) is 26.3 Å². The molecule has 0 heterocycles. The molecule has 0 aliphatic heterocycles. The molecule has 1 aliphatic rings. The van der Waals surface area contributed by atoms with Crippen LogP contribution in [0.15, 0.2) is 56.2 Å². The van der Waals surface area contributed by atoms with Gasteiger partial charge >= 0.3 is 0 Å². The van der Waals surface area contributed by atoms with Crippen LogP contribution >= 0.6 is 0 Å². The summed E-state index contributed by atoms with van der Waals surface area (Å²) in [5, 5.41) is 40.5. The predicted octanol–water partition coefficient (Wildman–Crippen LogP) is 13.4. The predicted molar refractivity (Wildman–Crippen MR) is 227 cm³/mol. The Labute approximate surface area is 346 Å². The normalized spacial score (nSPS) is 14.0. The fourth-order valence-corrected chi connectivity index (χ4v) is 7.23. The first kappa shape index (κ1) is 45.1. The van der Waals surface area contributed by atoms with Crippen molar-refractivity contribution in [3.8, 4) is 36.1 Å². The topological polar surface area (TPSA) is 95.2 Å². The lowest BCUT2D eigenvalue weighted by Gasteiger charge is -2.19. The van der Waals surface area contributed by atoms with Crippen LogP contribution < -0.4 is 0 Å². The summed E-state index contributed by atoms with van der Waals surface area (Å²) in [5.41, 5.74) is -6.09. The molecule has 1 saturated carbocycles. The lowest BCUT2D eigenvalue weighted by atomic mass is 9.85. The van der Waals surface area contributed by atoms with Crippen LogP contribution in [0.2, 0.25) is 0 Å². The van der Waals surface area contributed by atoms with Gasteiger partial charge in [0.2, 0.25) is 0 Å². The molecule has 3 aromatic rings. The van der Waals surface area contributed by atoms with Crippen LogP contribution in [0.25, 0.3) is 52.2 Å². The molecule has 10 heteroatoms. The molecule has 4 nitrogen and oxygen atoms in total. The largest absolute Gasteiger partial charge is 0.205 e. The highest BCUT2D eigenvalue weighted by Crippen LogP contribution is 2.59. The van der Waals surface area contributed by atoms with Crippen molar-refractivity contribution < 1.29 is 26.3 Å². The second-order valence-electron chi connectivity index (χ2n) is 13.9. The van der Waals surface area contributed by atoms with E-state index in [1.807, 2.05) is 6.07 Å². The minimum Gasteiger partial charge on any atom is -0.205 e. The Morgan fingerprint density at radius 1 is 0.550 bits per heavy atom. The van der Waals surface area contributed by atoms with E-state index in [4.69, 9.17) is 0 Å². The molecular formula is C50H36F6N4. The Balaban J connectivity index is 2.64. The Bertz CT molecular complexity index is 2870. The van der Waals surface area contributed by atoms with Gasteiger partial charge in [0, 0.05) is 56.0 Å². The molecule has 4 rings (SSSR count). The summed E-state index contributed by atoms with van der Waals surface area (Å²) in [6.45, 7) is 30.6. The number of hydrogen-bond donors (Lipinski definition) is 0. The Hall–Kier alpha value is -7.58. The van der Waals surface area contributed by atoms with Gasteiger partial charge in [-0.15, -0.1) is 0 Å². The smallest absolute Gasteiger partial charge is 0.177 e. The van der Waals surface area contributed by atoms with E-state index in [0.717, 1.165) is 24.3 Å². The van der Waals surface area contributed by atoms with E-state index in [1.54, 1.807) is 32.9 Å². The third kappa shape index (κ3) is 7.24. The van der Waals surface area contributed by atoms with Crippen LogP contribution in [0.1, 0.15) is 114 Å². The van der Waals surface area contributed by atoms with Gasteiger partial charge in [-0.1, -0.05) is 103 Å². The summed E-state index contributed by atoms with van der Waals surface area (Å²) < 4.78 is 97.9. The highest BCUT2D eigenvalue weighted by atomic mass is 19.2. The van der Waals surface area contributed by atoms with Crippen molar-refractivity contribution >= 4 is 52.2 Å². The number of nitrogens with zero attached hydrogens (tertiary/aromatic N) is 4. The van der Waals surface area contributed by atoms with Gasteiger partial charge in [0.15, 0.2) is 34.9 Å². The summed E-state index contributed by atoms with van der Waals surface area (Å²) in [6, 6.07) is 6.71. The molecule has 0 aromatic heterocycles. The second-order valence-corrected chi connectivity index (χ2v) is 13.9. The number of halogens is 6. The van der Waals surface area contributed by atoms with Crippen LogP contribution in [-0.2, 0) is 0 Å². The molecular weight excluding hydrogens is 771 g/mol. The first-order valence-electron chi connectivity index (χ1n) is 18.3. The Morgan fingerprint density at radius 2 is 1.03 bits per heavy atom. The molecule has 0 amide bonds. The average molecular weight is 807 g/mol. The third-order valence-electron chi connectivity index (χ3n) is 9.69. The van der Waals surface area contributed by atoms with E-state index in [-0.39, 0.29) is 90.8 Å². The number of hydrogen-bond acceptors (Lipinski definition) is 4. The molecule has 0 unspecified atom stereocenters. The van der Waals surface area contributed by atoms with Crippen LogP contribution in [0.3, 0.4) is 0 Å². The molecule has 60 heavy (non-hydrogen) atoms. The van der Waals surface area contributed by atoms with Gasteiger partial charge < -0.3 is 0 Å². The van der Waals surface area contributed by atoms with Crippen molar-refractivity contribution in [2.24, 2.45) is 5.92 Å². The highest BCUT2D eigenvalue weighted by molar-refractivity contribution is 6.13. The monoisotopic (exact) mass is 806 g/mol. The maximum absolute atomic E-state index is 16.9. The van der Waals surface area contributed by atoms with Gasteiger partial charge in [-0.25, -0.2) is 26.3 Å². The zero-order valence-corrected chi connectivity index (χ0v) is 33.6. The van der Waals surface area contributed by atoms with Crippen LogP contribution in [-0.4, -0.2) is 0 Å². The summed E-state index contributed by atoms with van der Waals surface area (Å²) in [5.74, 6) is -3.51. The van der Waals surface area contributed by atoms with Gasteiger partial charge in [-0.2, -0.15) is 21.0 Å². The van der Waals surface area contributed by atoms with Crippen molar-refractivity contribution in [1.82, 2.24) is 0 Å². The Morgan fingerprint density at radius 3 is 1.47 bits per heavy atom. The van der Waals surface area contributed by atoms with E-state index >= 15 is 26.3 Å². The summed E-state index contributed by atoms with van der Waals surface area (Å²) in [4.78, 5) is 0. The molecule has 3 aromatic carbocycles. The van der Waals surface area contributed by atoms with E-state index < -0.39 is 74.2 Å². The second kappa shape index (κ2) is 17.9. The first-order valence-corrected chi connectivity index (χ1v) is 18.3. The van der Waals surface area contributed by atoms with E-state index in [9.17, 15) is 21.0 Å². The summed E-state index contributed by atoms with van der Waals surface area (Å²) in [7, 11) is 0. The Kier molecular flexibility index (Phi) is 13.5. The fraction of sp³-hybridized carbons (Fsp3) is 0.160. The van der Waals surface area contributed by atoms with Gasteiger partial charge in [-0.05, 0) is 59.3 Å². The fourth-order valence-electron chi connectivity index (χ4n) is 7.23. The third-order valence-corrected chi connectivity index (χ3v) is 9.69. The van der Waals surface area contributed by atoms with Crippen molar-refractivity contribution in [1.29, 1.82) is 21.0 Å². The van der Waals surface area contributed by atoms with E-state index in [1.165, 1.54) is 19.9 Å². The molecule has 0 radical (unpaired) electrons. The van der Waals surface area contributed by atoms with Crippen molar-refractivity contribution in [2.45, 2.75) is 47.5 Å². The van der Waals surface area contributed by atoms with Crippen molar-refractivity contribution in [3.63, 3.8) is 0 Å². The molecule has 0 atom stereocenters. The minimum atomic E-state index is -1.63. The molecule has 0 saturated heterocycles. The zero-order valence-electron chi connectivity index (χ0n) is 33.6. The quantitative estimate of drug-likeness (QED) is 0.109. The summed E-state index contributed by atoms with van der Waals surface area (Å²) >= 11 is 0. The number of rotatable bonds is 11. The standard InChI is InChI=1S/C50H36F6N4/c1-12-17-31(39-30(16-5)45(51)36(23-60)46(52)38(39)26(10)11)41-42(43(41)35(22-59)40-28(14-3)27(13-2)33(20-57)47(53)49(40)55)32(19-18-24(6)7)44-37(25(8)9)29(15-4)34(21-58)48(54)50(44)56/h13-16,24H,2-5,8,10,12,17H2,1,6-7,9,11H3/b41-31?,42-32+,43-35-. The van der Waals surface area contributed by atoms with Gasteiger partial charge in [-0.3, -0.25) is 0 Å². The lowest BCUT2D eigenvalue weighted by molar-refractivity contribution is 0.503. The molecule has 0 bridgehead atoms. The first-order chi connectivity index (χ1) is 28.4. The molecule has 0 spiro atoms. The molecule has 1 fully saturated rings. The molecule has 298 valence electrons. The summed E-state index contributed by atoms with van der Waals surface area (Å²) in [6.07, 6.45) is 4.55. The number of allylic oxidation sites excluding steroid dienone is 8. The maximum atomic E-state index is 16.9. The highest BCUT2D eigenvalue weighted by Gasteiger charge is 2.44. The maximum Gasteiger partial charge on any atom is 0.177 e. The molecule has 1 aliphatic carbocycles. The van der Waals surface area contributed by atoms with Crippen molar-refractivity contribution in [3.05, 3.63) is 158 Å². The minimum absolute atomic E-state index is 0.0353. The number of benzene rings is 3. The van der Waals surface area contributed by atoms with Crippen LogP contribution in [0, 0.1) is 98.0 Å². The van der Waals surface area contributed by atoms with Gasteiger partial charge in [0.05, 0.1) is 16.7 Å². The average Bonchev–Trinajstić information content (AvgIpc) is 3.93. The number of nitriles is 4. The van der Waals surface area contributed by atoms with Gasteiger partial charge in [0.1, 0.15) is 29.8 Å². The van der Waals surface area contributed by atoms with E-state index in [2.05, 4.69) is 51.3 Å². The van der Waals surface area contributed by atoms with Gasteiger partial charge in [0.25, 0.3) is 0 Å². The van der Waals surface area contributed by atoms with Crippen molar-refractivity contribution in [2.75, 3.05) is 0 Å². The molecule has 0 N–H and O–H groups in total. The zero-order chi connectivity index (χ0) is 45.1. The van der Waals surface area contributed by atoms with Crippen LogP contribution in [0.5, 0.6) is 0 Å². The van der Waals surface area contributed by atoms with E-state index in [0.29, 0.717) is 0 Å². The SMILES string of the molecule is C=Cc1c(C#N)c(F)c(F)c(/C(C#N)=C2/C(=C(CCC)c3c(C=C)c(F)c(C#N)c(F)c3C(=C)C)/C2=C(/C#CC(C)C)c2c(F)c(F)c(C#N)c(C=C)c2C(=C)C)c1C=C.